The minimum absolute atomic E-state index is 0.249. The first-order valence-corrected chi connectivity index (χ1v) is 5.31. The summed E-state index contributed by atoms with van der Waals surface area (Å²) < 4.78 is 4.85. The van der Waals surface area contributed by atoms with Crippen LogP contribution in [0.2, 0.25) is 0 Å². The number of hydrogen-bond donors (Lipinski definition) is 2. The summed E-state index contributed by atoms with van der Waals surface area (Å²) in [4.78, 5) is 22.8. The van der Waals surface area contributed by atoms with Gasteiger partial charge >= 0.3 is 5.97 Å². The fourth-order valence-electron chi connectivity index (χ4n) is 2.21. The number of rotatable bonds is 3. The van der Waals surface area contributed by atoms with Crippen molar-refractivity contribution in [2.24, 2.45) is 17.3 Å². The Morgan fingerprint density at radius 3 is 2.53 bits per heavy atom. The highest BCUT2D eigenvalue weighted by molar-refractivity contribution is 5.98. The van der Waals surface area contributed by atoms with Crippen LogP contribution >= 0.6 is 0 Å². The van der Waals surface area contributed by atoms with Crippen molar-refractivity contribution in [3.63, 3.8) is 0 Å². The van der Waals surface area contributed by atoms with Gasteiger partial charge in [0.1, 0.15) is 0 Å². The molecule has 0 unspecified atom stereocenters. The van der Waals surface area contributed by atoms with Gasteiger partial charge in [-0.25, -0.2) is 0 Å². The van der Waals surface area contributed by atoms with E-state index in [1.54, 1.807) is 26.8 Å². The van der Waals surface area contributed by atoms with E-state index in [0.717, 1.165) is 0 Å². The predicted octanol–water partition coefficient (Wildman–Crippen LogP) is 1.28. The highest BCUT2D eigenvalue weighted by Crippen LogP contribution is 2.58. The molecule has 1 aromatic rings. The van der Waals surface area contributed by atoms with E-state index in [-0.39, 0.29) is 11.8 Å². The molecular weight excluding hydrogens is 224 g/mol. The molecule has 2 atom stereocenters. The number of anilines is 1. The van der Waals surface area contributed by atoms with Crippen molar-refractivity contribution in [2.45, 2.75) is 20.8 Å². The molecule has 6 heteroatoms. The summed E-state index contributed by atoms with van der Waals surface area (Å²) in [7, 11) is 0. The Morgan fingerprint density at radius 2 is 2.12 bits per heavy atom. The molecule has 0 saturated heterocycles. The lowest BCUT2D eigenvalue weighted by molar-refractivity contribution is -0.140. The fraction of sp³-hybridized carbons (Fsp3) is 0.545. The number of aryl methyl sites for hydroxylation is 1. The van der Waals surface area contributed by atoms with Gasteiger partial charge in [0.15, 0.2) is 0 Å². The molecule has 1 aliphatic rings. The lowest BCUT2D eigenvalue weighted by atomic mass is 10.1. The van der Waals surface area contributed by atoms with E-state index < -0.39 is 23.2 Å². The van der Waals surface area contributed by atoms with E-state index in [0.29, 0.717) is 5.69 Å². The van der Waals surface area contributed by atoms with Crippen LogP contribution in [0.4, 0.5) is 5.88 Å². The number of aliphatic carboxylic acids is 1. The molecule has 92 valence electrons. The summed E-state index contributed by atoms with van der Waals surface area (Å²) in [5.74, 6) is -2.18. The topological polar surface area (TPSA) is 92.4 Å². The number of carboxylic acids is 1. The molecule has 1 heterocycles. The molecule has 2 rings (SSSR count). The van der Waals surface area contributed by atoms with Crippen molar-refractivity contribution in [3.8, 4) is 0 Å². The van der Waals surface area contributed by atoms with Crippen molar-refractivity contribution in [1.29, 1.82) is 0 Å². The van der Waals surface area contributed by atoms with Crippen molar-refractivity contribution in [3.05, 3.63) is 11.8 Å². The molecule has 1 aromatic heterocycles. The molecule has 0 bridgehead atoms. The second kappa shape index (κ2) is 3.58. The van der Waals surface area contributed by atoms with Gasteiger partial charge in [-0.1, -0.05) is 19.0 Å². The third-order valence-corrected chi connectivity index (χ3v) is 3.25. The van der Waals surface area contributed by atoms with Gasteiger partial charge in [-0.05, 0) is 12.3 Å². The van der Waals surface area contributed by atoms with Crippen molar-refractivity contribution in [1.82, 2.24) is 5.16 Å². The van der Waals surface area contributed by atoms with Crippen LogP contribution in [-0.4, -0.2) is 22.1 Å². The Balaban J connectivity index is 2.05. The molecule has 2 N–H and O–H groups in total. The second-order valence-electron chi connectivity index (χ2n) is 4.94. The van der Waals surface area contributed by atoms with Crippen LogP contribution in [0.3, 0.4) is 0 Å². The normalized spacial score (nSPS) is 25.4. The Hall–Kier alpha value is -1.85. The minimum atomic E-state index is -0.941. The van der Waals surface area contributed by atoms with Crippen LogP contribution in [0.25, 0.3) is 0 Å². The van der Waals surface area contributed by atoms with E-state index in [1.807, 2.05) is 0 Å². The van der Waals surface area contributed by atoms with Gasteiger partial charge < -0.3 is 9.63 Å². The quantitative estimate of drug-likeness (QED) is 0.827. The van der Waals surface area contributed by atoms with Gasteiger partial charge in [0.05, 0.1) is 17.5 Å². The molecule has 1 aliphatic carbocycles. The maximum absolute atomic E-state index is 11.9. The lowest BCUT2D eigenvalue weighted by Gasteiger charge is -2.01. The smallest absolute Gasteiger partial charge is 0.307 e. The fourth-order valence-corrected chi connectivity index (χ4v) is 2.21. The van der Waals surface area contributed by atoms with Crippen LogP contribution in [-0.2, 0) is 9.59 Å². The Morgan fingerprint density at radius 1 is 1.47 bits per heavy atom. The largest absolute Gasteiger partial charge is 0.481 e. The summed E-state index contributed by atoms with van der Waals surface area (Å²) in [5.41, 5.74) is 0.149. The van der Waals surface area contributed by atoms with E-state index in [1.165, 1.54) is 0 Å². The van der Waals surface area contributed by atoms with Gasteiger partial charge in [0, 0.05) is 6.07 Å². The Kier molecular flexibility index (Phi) is 2.45. The third kappa shape index (κ3) is 1.90. The zero-order valence-corrected chi connectivity index (χ0v) is 9.85. The van der Waals surface area contributed by atoms with Crippen molar-refractivity contribution >= 4 is 17.8 Å². The maximum atomic E-state index is 11.9. The van der Waals surface area contributed by atoms with Gasteiger partial charge in [0.25, 0.3) is 0 Å². The molecule has 17 heavy (non-hydrogen) atoms. The first kappa shape index (κ1) is 11.6. The standard InChI is InChI=1S/C11H14N2O4/c1-5-4-6(17-13-5)12-9(14)7-8(10(15)16)11(7,2)3/h4,7-8H,1-3H3,(H,12,14)(H,15,16)/t7-,8+/m0/s1. The van der Waals surface area contributed by atoms with Gasteiger partial charge in [-0.15, -0.1) is 0 Å². The number of amides is 1. The Bertz CT molecular complexity index is 478. The van der Waals surface area contributed by atoms with Gasteiger partial charge in [0.2, 0.25) is 11.8 Å². The van der Waals surface area contributed by atoms with Crippen LogP contribution in [0.1, 0.15) is 19.5 Å². The number of hydrogen-bond acceptors (Lipinski definition) is 4. The zero-order chi connectivity index (χ0) is 12.8. The number of carbonyl (C=O) groups is 2. The monoisotopic (exact) mass is 238 g/mol. The Labute approximate surface area is 98.0 Å². The number of nitrogens with one attached hydrogen (secondary N) is 1. The van der Waals surface area contributed by atoms with Gasteiger partial charge in [-0.3, -0.25) is 14.9 Å². The molecule has 0 radical (unpaired) electrons. The minimum Gasteiger partial charge on any atom is -0.481 e. The molecule has 0 spiro atoms. The lowest BCUT2D eigenvalue weighted by Crippen LogP contribution is -2.17. The highest BCUT2D eigenvalue weighted by Gasteiger charge is 2.66. The first-order chi connectivity index (χ1) is 7.84. The summed E-state index contributed by atoms with van der Waals surface area (Å²) in [5, 5.41) is 15.1. The highest BCUT2D eigenvalue weighted by atomic mass is 16.5. The molecule has 0 aliphatic heterocycles. The molecule has 1 amide bonds. The van der Waals surface area contributed by atoms with E-state index in [4.69, 9.17) is 9.63 Å². The van der Waals surface area contributed by atoms with Gasteiger partial charge in [-0.2, -0.15) is 0 Å². The average Bonchev–Trinajstić information content (AvgIpc) is 2.54. The van der Waals surface area contributed by atoms with E-state index in [2.05, 4.69) is 10.5 Å². The first-order valence-electron chi connectivity index (χ1n) is 5.31. The maximum Gasteiger partial charge on any atom is 0.307 e. The summed E-state index contributed by atoms with van der Waals surface area (Å²) >= 11 is 0. The van der Waals surface area contributed by atoms with Crippen LogP contribution in [0.15, 0.2) is 10.6 Å². The summed E-state index contributed by atoms with van der Waals surface area (Å²) in [6, 6.07) is 1.59. The molecule has 1 saturated carbocycles. The third-order valence-electron chi connectivity index (χ3n) is 3.25. The molecule has 6 nitrogen and oxygen atoms in total. The zero-order valence-electron chi connectivity index (χ0n) is 9.85. The number of carbonyl (C=O) groups excluding carboxylic acids is 1. The van der Waals surface area contributed by atoms with E-state index in [9.17, 15) is 9.59 Å². The second-order valence-corrected chi connectivity index (χ2v) is 4.94. The van der Waals surface area contributed by atoms with Crippen LogP contribution in [0, 0.1) is 24.2 Å². The van der Waals surface area contributed by atoms with Crippen LogP contribution in [0.5, 0.6) is 0 Å². The number of nitrogens with zero attached hydrogens (tertiary/aromatic N) is 1. The molecular formula is C11H14N2O4. The summed E-state index contributed by atoms with van der Waals surface area (Å²) in [6.45, 7) is 5.27. The number of carboxylic acid groups (broad SMARTS) is 1. The number of aromatic nitrogens is 1. The van der Waals surface area contributed by atoms with Crippen molar-refractivity contribution < 1.29 is 19.2 Å². The van der Waals surface area contributed by atoms with E-state index >= 15 is 0 Å². The molecule has 1 fully saturated rings. The molecule has 0 aromatic carbocycles. The van der Waals surface area contributed by atoms with Crippen molar-refractivity contribution in [2.75, 3.05) is 5.32 Å². The SMILES string of the molecule is Cc1cc(NC(=O)[C@@H]2[C@H](C(=O)O)C2(C)C)on1. The predicted molar refractivity (Wildman–Crippen MR) is 58.3 cm³/mol. The summed E-state index contributed by atoms with van der Waals surface area (Å²) in [6.07, 6.45) is 0. The van der Waals surface area contributed by atoms with Crippen LogP contribution < -0.4 is 5.32 Å². The average molecular weight is 238 g/mol.